The summed E-state index contributed by atoms with van der Waals surface area (Å²) in [5.41, 5.74) is 1.89. The van der Waals surface area contributed by atoms with Crippen LogP contribution in [0.1, 0.15) is 46.5 Å². The van der Waals surface area contributed by atoms with Crippen LogP contribution in [0.25, 0.3) is 0 Å². The summed E-state index contributed by atoms with van der Waals surface area (Å²) in [4.78, 5) is 25.6. The average Bonchev–Trinajstić information content (AvgIpc) is 2.50. The molecular formula is C14H17NO3. The Bertz CT molecular complexity index is 508. The number of carbonyl (C=O) groups is 2. The van der Waals surface area contributed by atoms with Gasteiger partial charge in [0.15, 0.2) is 0 Å². The summed E-state index contributed by atoms with van der Waals surface area (Å²) in [6.07, 6.45) is -0.143. The molecule has 0 spiro atoms. The molecule has 1 aromatic rings. The molecule has 0 radical (unpaired) electrons. The van der Waals surface area contributed by atoms with Crippen LogP contribution in [0.15, 0.2) is 18.2 Å². The Morgan fingerprint density at radius 3 is 2.39 bits per heavy atom. The van der Waals surface area contributed by atoms with E-state index in [-0.39, 0.29) is 17.9 Å². The highest BCUT2D eigenvalue weighted by molar-refractivity contribution is 6.21. The highest BCUT2D eigenvalue weighted by atomic mass is 16.3. The first-order chi connectivity index (χ1) is 8.41. The van der Waals surface area contributed by atoms with Crippen LogP contribution in [-0.4, -0.2) is 34.0 Å². The molecule has 0 fully saturated rings. The van der Waals surface area contributed by atoms with Gasteiger partial charge in [-0.25, -0.2) is 0 Å². The summed E-state index contributed by atoms with van der Waals surface area (Å²) in [5, 5.41) is 9.37. The van der Waals surface area contributed by atoms with Crippen molar-refractivity contribution < 1.29 is 14.7 Å². The third-order valence-corrected chi connectivity index (χ3v) is 3.20. The lowest BCUT2D eigenvalue weighted by atomic mass is 10.1. The molecule has 0 aromatic heterocycles. The minimum atomic E-state index is -0.536. The monoisotopic (exact) mass is 247 g/mol. The molecule has 1 aromatic carbocycles. The van der Waals surface area contributed by atoms with Crippen molar-refractivity contribution in [2.24, 2.45) is 0 Å². The van der Waals surface area contributed by atoms with Gasteiger partial charge in [-0.15, -0.1) is 0 Å². The number of aliphatic hydroxyl groups excluding tert-OH is 1. The van der Waals surface area contributed by atoms with Gasteiger partial charge in [-0.3, -0.25) is 14.5 Å². The maximum atomic E-state index is 12.2. The summed E-state index contributed by atoms with van der Waals surface area (Å²) in [5.74, 6) is -0.519. The van der Waals surface area contributed by atoms with Gasteiger partial charge in [0.25, 0.3) is 11.8 Å². The lowest BCUT2D eigenvalue weighted by Gasteiger charge is -2.23. The van der Waals surface area contributed by atoms with Crippen LogP contribution < -0.4 is 0 Å². The molecule has 2 atom stereocenters. The lowest BCUT2D eigenvalue weighted by Crippen LogP contribution is -2.39. The van der Waals surface area contributed by atoms with E-state index in [9.17, 15) is 14.7 Å². The Morgan fingerprint density at radius 2 is 1.78 bits per heavy atom. The van der Waals surface area contributed by atoms with E-state index < -0.39 is 6.10 Å². The number of aliphatic hydroxyl groups is 1. The largest absolute Gasteiger partial charge is 0.393 e. The van der Waals surface area contributed by atoms with E-state index in [1.165, 1.54) is 4.90 Å². The Kier molecular flexibility index (Phi) is 3.22. The van der Waals surface area contributed by atoms with Gasteiger partial charge in [-0.1, -0.05) is 11.6 Å². The highest BCUT2D eigenvalue weighted by Gasteiger charge is 2.38. The zero-order chi connectivity index (χ0) is 13.4. The number of imide groups is 1. The summed E-state index contributed by atoms with van der Waals surface area (Å²) >= 11 is 0. The van der Waals surface area contributed by atoms with Crippen LogP contribution in [0.5, 0.6) is 0 Å². The van der Waals surface area contributed by atoms with Crippen molar-refractivity contribution >= 4 is 11.8 Å². The minimum Gasteiger partial charge on any atom is -0.393 e. The molecule has 0 aliphatic carbocycles. The molecule has 1 N–H and O–H groups in total. The predicted molar refractivity (Wildman–Crippen MR) is 67.4 cm³/mol. The van der Waals surface area contributed by atoms with Crippen LogP contribution in [0.4, 0.5) is 0 Å². The molecule has 1 aliphatic rings. The predicted octanol–water partition coefficient (Wildman–Crippen LogP) is 1.75. The third kappa shape index (κ3) is 2.04. The average molecular weight is 247 g/mol. The number of hydrogen-bond acceptors (Lipinski definition) is 3. The van der Waals surface area contributed by atoms with Gasteiger partial charge in [-0.05, 0) is 39.3 Å². The van der Waals surface area contributed by atoms with Crippen LogP contribution >= 0.6 is 0 Å². The van der Waals surface area contributed by atoms with Gasteiger partial charge in [0.2, 0.25) is 0 Å². The van der Waals surface area contributed by atoms with Crippen LogP contribution in [0.2, 0.25) is 0 Å². The smallest absolute Gasteiger partial charge is 0.261 e. The number of amides is 2. The fourth-order valence-corrected chi connectivity index (χ4v) is 2.37. The van der Waals surface area contributed by atoms with E-state index in [4.69, 9.17) is 0 Å². The Morgan fingerprint density at radius 1 is 1.17 bits per heavy atom. The first kappa shape index (κ1) is 12.8. The number of fused-ring (bicyclic) bond motifs is 1. The number of nitrogens with zero attached hydrogens (tertiary/aromatic N) is 1. The number of aryl methyl sites for hydroxylation is 1. The van der Waals surface area contributed by atoms with E-state index in [0.29, 0.717) is 17.5 Å². The molecule has 2 rings (SSSR count). The molecule has 4 nitrogen and oxygen atoms in total. The molecule has 4 heteroatoms. The topological polar surface area (TPSA) is 57.6 Å². The molecule has 0 saturated heterocycles. The van der Waals surface area contributed by atoms with Crippen molar-refractivity contribution in [3.8, 4) is 0 Å². The van der Waals surface area contributed by atoms with E-state index in [0.717, 1.165) is 5.56 Å². The Balaban J connectivity index is 2.34. The van der Waals surface area contributed by atoms with Crippen molar-refractivity contribution in [2.75, 3.05) is 0 Å². The van der Waals surface area contributed by atoms with Crippen molar-refractivity contribution in [3.63, 3.8) is 0 Å². The molecule has 18 heavy (non-hydrogen) atoms. The second-order valence-electron chi connectivity index (χ2n) is 4.96. The van der Waals surface area contributed by atoms with Gasteiger partial charge < -0.3 is 5.11 Å². The van der Waals surface area contributed by atoms with Crippen LogP contribution in [-0.2, 0) is 0 Å². The molecule has 1 heterocycles. The van der Waals surface area contributed by atoms with Crippen molar-refractivity contribution in [3.05, 3.63) is 34.9 Å². The van der Waals surface area contributed by atoms with Gasteiger partial charge in [-0.2, -0.15) is 0 Å². The zero-order valence-corrected chi connectivity index (χ0v) is 10.8. The van der Waals surface area contributed by atoms with E-state index >= 15 is 0 Å². The molecular weight excluding hydrogens is 230 g/mol. The molecule has 1 aliphatic heterocycles. The van der Waals surface area contributed by atoms with Crippen molar-refractivity contribution in [1.29, 1.82) is 0 Å². The maximum absolute atomic E-state index is 12.2. The summed E-state index contributed by atoms with van der Waals surface area (Å²) < 4.78 is 0. The second kappa shape index (κ2) is 4.53. The normalized spacial score (nSPS) is 17.9. The quantitative estimate of drug-likeness (QED) is 0.828. The Labute approximate surface area is 106 Å². The van der Waals surface area contributed by atoms with E-state index in [1.807, 2.05) is 13.0 Å². The number of carbonyl (C=O) groups excluding carboxylic acids is 2. The third-order valence-electron chi connectivity index (χ3n) is 3.20. The van der Waals surface area contributed by atoms with Gasteiger partial charge >= 0.3 is 0 Å². The first-order valence-corrected chi connectivity index (χ1v) is 6.08. The number of benzene rings is 1. The maximum Gasteiger partial charge on any atom is 0.261 e. The number of rotatable bonds is 3. The van der Waals surface area contributed by atoms with E-state index in [2.05, 4.69) is 0 Å². The minimum absolute atomic E-state index is 0.258. The molecule has 96 valence electrons. The SMILES string of the molecule is Cc1ccc2c(c1)C(=O)N(C(C)CC(C)O)C2=O. The first-order valence-electron chi connectivity index (χ1n) is 6.08. The van der Waals surface area contributed by atoms with Gasteiger partial charge in [0.05, 0.1) is 17.2 Å². The standard InChI is InChI=1S/C14H17NO3/c1-8-4-5-11-12(6-8)14(18)15(13(11)17)9(2)7-10(3)16/h4-6,9-10,16H,7H2,1-3H3. The fraction of sp³-hybridized carbons (Fsp3) is 0.429. The lowest BCUT2D eigenvalue weighted by molar-refractivity contribution is 0.0546. The van der Waals surface area contributed by atoms with E-state index in [1.54, 1.807) is 26.0 Å². The summed E-state index contributed by atoms with van der Waals surface area (Å²) in [7, 11) is 0. The zero-order valence-electron chi connectivity index (χ0n) is 10.8. The summed E-state index contributed by atoms with van der Waals surface area (Å²) in [6, 6.07) is 4.97. The van der Waals surface area contributed by atoms with Crippen molar-refractivity contribution in [2.45, 2.75) is 39.3 Å². The molecule has 0 saturated carbocycles. The van der Waals surface area contributed by atoms with Crippen molar-refractivity contribution in [1.82, 2.24) is 4.90 Å². The molecule has 2 unspecified atom stereocenters. The molecule has 0 bridgehead atoms. The highest BCUT2D eigenvalue weighted by Crippen LogP contribution is 2.26. The molecule has 2 amide bonds. The summed E-state index contributed by atoms with van der Waals surface area (Å²) in [6.45, 7) is 5.32. The Hall–Kier alpha value is -1.68. The fourth-order valence-electron chi connectivity index (χ4n) is 2.37. The van der Waals surface area contributed by atoms with Gasteiger partial charge in [0.1, 0.15) is 0 Å². The van der Waals surface area contributed by atoms with Crippen LogP contribution in [0, 0.1) is 6.92 Å². The number of hydrogen-bond donors (Lipinski definition) is 1. The van der Waals surface area contributed by atoms with Gasteiger partial charge in [0, 0.05) is 6.04 Å². The van der Waals surface area contributed by atoms with Crippen LogP contribution in [0.3, 0.4) is 0 Å². The second-order valence-corrected chi connectivity index (χ2v) is 4.96.